The Labute approximate surface area is 191 Å². The van der Waals surface area contributed by atoms with Gasteiger partial charge in [-0.3, -0.25) is 4.79 Å². The minimum Gasteiger partial charge on any atom is -0.324 e. The van der Waals surface area contributed by atoms with E-state index in [0.717, 1.165) is 36.7 Å². The number of nitrogens with one attached hydrogen (secondary N) is 2. The summed E-state index contributed by atoms with van der Waals surface area (Å²) in [4.78, 5) is 27.2. The predicted molar refractivity (Wildman–Crippen MR) is 128 cm³/mol. The minimum absolute atomic E-state index is 0.101. The number of hydrogen-bond donors (Lipinski definition) is 2. The summed E-state index contributed by atoms with van der Waals surface area (Å²) < 4.78 is 3.52. The lowest BCUT2D eigenvalue weighted by atomic mass is 9.83. The molecule has 0 atom stereocenters. The van der Waals surface area contributed by atoms with Gasteiger partial charge in [-0.2, -0.15) is 4.98 Å². The third-order valence-corrected chi connectivity index (χ3v) is 6.82. The molecule has 0 unspecified atom stereocenters. The summed E-state index contributed by atoms with van der Waals surface area (Å²) in [6, 6.07) is 12.4. The molecule has 2 N–H and O–H groups in total. The SMILES string of the molecule is CCn1c(=O)c2cnc(Nc3ccc4c(c3)CCNC4)nc2n1-c1cccc(C2CCC2)n1. The van der Waals surface area contributed by atoms with E-state index in [9.17, 15) is 4.79 Å². The maximum Gasteiger partial charge on any atom is 0.278 e. The standard InChI is InChI=1S/C25H27N7O/c1-2-31-24(33)20-15-27-25(28-19-10-9-18-14-26-12-11-17(18)13-19)30-23(20)32(31)22-8-4-7-21(29-22)16-5-3-6-16/h4,7-10,13,15-16,26H,2-3,5-6,11-12,14H2,1H3,(H,27,28,30). The summed E-state index contributed by atoms with van der Waals surface area (Å²) >= 11 is 0. The summed E-state index contributed by atoms with van der Waals surface area (Å²) in [5.74, 6) is 1.70. The number of aromatic nitrogens is 5. The Morgan fingerprint density at radius 2 is 2.06 bits per heavy atom. The first-order valence-corrected chi connectivity index (χ1v) is 11.8. The van der Waals surface area contributed by atoms with Crippen molar-refractivity contribution in [2.24, 2.45) is 0 Å². The van der Waals surface area contributed by atoms with Crippen LogP contribution in [0.4, 0.5) is 11.6 Å². The van der Waals surface area contributed by atoms with Crippen LogP contribution in [0.5, 0.6) is 0 Å². The lowest BCUT2D eigenvalue weighted by molar-refractivity contribution is 0.410. The normalized spacial score (nSPS) is 15.9. The molecule has 8 nitrogen and oxygen atoms in total. The number of pyridine rings is 1. The Morgan fingerprint density at radius 3 is 2.88 bits per heavy atom. The van der Waals surface area contributed by atoms with Gasteiger partial charge < -0.3 is 10.6 Å². The van der Waals surface area contributed by atoms with Crippen molar-refractivity contribution in [3.8, 4) is 5.82 Å². The van der Waals surface area contributed by atoms with Crippen LogP contribution in [0.1, 0.15) is 48.9 Å². The van der Waals surface area contributed by atoms with Crippen LogP contribution in [-0.2, 0) is 19.5 Å². The number of benzene rings is 1. The van der Waals surface area contributed by atoms with Gasteiger partial charge in [-0.25, -0.2) is 19.3 Å². The van der Waals surface area contributed by atoms with Crippen molar-refractivity contribution in [1.29, 1.82) is 0 Å². The van der Waals surface area contributed by atoms with Gasteiger partial charge in [0.2, 0.25) is 5.95 Å². The van der Waals surface area contributed by atoms with E-state index in [1.807, 2.05) is 29.8 Å². The Balaban J connectivity index is 1.42. The first-order chi connectivity index (χ1) is 16.2. The molecule has 168 valence electrons. The van der Waals surface area contributed by atoms with Gasteiger partial charge in [0.1, 0.15) is 5.39 Å². The monoisotopic (exact) mass is 441 g/mol. The molecule has 4 aromatic rings. The number of anilines is 2. The summed E-state index contributed by atoms with van der Waals surface area (Å²) in [5.41, 5.74) is 5.17. The molecule has 0 radical (unpaired) electrons. The van der Waals surface area contributed by atoms with E-state index in [0.29, 0.717) is 29.4 Å². The number of hydrogen-bond acceptors (Lipinski definition) is 6. The van der Waals surface area contributed by atoms with Gasteiger partial charge >= 0.3 is 0 Å². The van der Waals surface area contributed by atoms with Crippen molar-refractivity contribution in [2.75, 3.05) is 11.9 Å². The molecule has 1 fully saturated rings. The van der Waals surface area contributed by atoms with Gasteiger partial charge in [0.25, 0.3) is 5.56 Å². The third-order valence-electron chi connectivity index (χ3n) is 6.82. The molecule has 3 aromatic heterocycles. The molecule has 6 rings (SSSR count). The number of rotatable bonds is 5. The highest BCUT2D eigenvalue weighted by molar-refractivity contribution is 5.77. The fraction of sp³-hybridized carbons (Fsp3) is 0.360. The Bertz CT molecular complexity index is 1400. The van der Waals surface area contributed by atoms with Crippen LogP contribution >= 0.6 is 0 Å². The lowest BCUT2D eigenvalue weighted by Gasteiger charge is -2.25. The van der Waals surface area contributed by atoms with Crippen LogP contribution in [0.15, 0.2) is 47.4 Å². The first kappa shape index (κ1) is 20.1. The smallest absolute Gasteiger partial charge is 0.278 e. The van der Waals surface area contributed by atoms with Crippen molar-refractivity contribution < 1.29 is 0 Å². The van der Waals surface area contributed by atoms with Gasteiger partial charge in [-0.15, -0.1) is 0 Å². The van der Waals surface area contributed by atoms with Gasteiger partial charge in [0, 0.05) is 36.6 Å². The fourth-order valence-electron chi connectivity index (χ4n) is 4.78. The zero-order valence-electron chi connectivity index (χ0n) is 18.7. The fourth-order valence-corrected chi connectivity index (χ4v) is 4.78. The van der Waals surface area contributed by atoms with Crippen LogP contribution in [-0.4, -0.2) is 30.9 Å². The zero-order valence-corrected chi connectivity index (χ0v) is 18.7. The quantitative estimate of drug-likeness (QED) is 0.491. The number of nitrogens with zero attached hydrogens (tertiary/aromatic N) is 5. The molecular formula is C25H27N7O. The van der Waals surface area contributed by atoms with E-state index < -0.39 is 0 Å². The molecule has 1 aliphatic heterocycles. The Hall–Kier alpha value is -3.52. The van der Waals surface area contributed by atoms with Gasteiger partial charge in [0.05, 0.1) is 0 Å². The Kier molecular flexibility index (Phi) is 4.95. The summed E-state index contributed by atoms with van der Waals surface area (Å²) in [6.07, 6.45) is 6.23. The summed E-state index contributed by atoms with van der Waals surface area (Å²) in [5, 5.41) is 7.22. The van der Waals surface area contributed by atoms with E-state index >= 15 is 0 Å². The van der Waals surface area contributed by atoms with Crippen LogP contribution in [0.25, 0.3) is 16.9 Å². The van der Waals surface area contributed by atoms with Crippen LogP contribution in [0.3, 0.4) is 0 Å². The largest absolute Gasteiger partial charge is 0.324 e. The summed E-state index contributed by atoms with van der Waals surface area (Å²) in [6.45, 7) is 4.37. The molecule has 0 saturated heterocycles. The summed E-state index contributed by atoms with van der Waals surface area (Å²) in [7, 11) is 0. The van der Waals surface area contributed by atoms with Gasteiger partial charge in [-0.05, 0) is 68.1 Å². The van der Waals surface area contributed by atoms with E-state index in [4.69, 9.17) is 9.97 Å². The van der Waals surface area contributed by atoms with Crippen LogP contribution in [0.2, 0.25) is 0 Å². The molecule has 33 heavy (non-hydrogen) atoms. The second-order valence-electron chi connectivity index (χ2n) is 8.85. The van der Waals surface area contributed by atoms with Crippen LogP contribution in [0, 0.1) is 0 Å². The maximum atomic E-state index is 13.1. The van der Waals surface area contributed by atoms with Gasteiger partial charge in [0.15, 0.2) is 11.5 Å². The molecule has 1 aliphatic carbocycles. The highest BCUT2D eigenvalue weighted by atomic mass is 16.1. The van der Waals surface area contributed by atoms with Crippen molar-refractivity contribution in [3.63, 3.8) is 0 Å². The van der Waals surface area contributed by atoms with E-state index in [1.165, 1.54) is 30.4 Å². The predicted octanol–water partition coefficient (Wildman–Crippen LogP) is 3.65. The van der Waals surface area contributed by atoms with E-state index in [-0.39, 0.29) is 5.56 Å². The van der Waals surface area contributed by atoms with E-state index in [1.54, 1.807) is 10.9 Å². The van der Waals surface area contributed by atoms with Crippen molar-refractivity contribution in [1.82, 2.24) is 29.6 Å². The minimum atomic E-state index is -0.101. The molecule has 1 saturated carbocycles. The second kappa shape index (κ2) is 8.12. The molecular weight excluding hydrogens is 414 g/mol. The topological polar surface area (TPSA) is 89.7 Å². The average Bonchev–Trinajstić information content (AvgIpc) is 3.09. The lowest BCUT2D eigenvalue weighted by Crippen LogP contribution is -2.23. The van der Waals surface area contributed by atoms with Crippen molar-refractivity contribution in [2.45, 2.75) is 51.6 Å². The van der Waals surface area contributed by atoms with Crippen molar-refractivity contribution in [3.05, 3.63) is 69.8 Å². The van der Waals surface area contributed by atoms with Gasteiger partial charge in [-0.1, -0.05) is 18.6 Å². The highest BCUT2D eigenvalue weighted by Crippen LogP contribution is 2.35. The molecule has 1 aromatic carbocycles. The zero-order chi connectivity index (χ0) is 22.4. The molecule has 0 bridgehead atoms. The maximum absolute atomic E-state index is 13.1. The van der Waals surface area contributed by atoms with E-state index in [2.05, 4.69) is 33.8 Å². The molecule has 8 heteroatoms. The Morgan fingerprint density at radius 1 is 1.15 bits per heavy atom. The molecule has 0 spiro atoms. The van der Waals surface area contributed by atoms with Crippen LogP contribution < -0.4 is 16.2 Å². The highest BCUT2D eigenvalue weighted by Gasteiger charge is 2.23. The first-order valence-electron chi connectivity index (χ1n) is 11.8. The van der Waals surface area contributed by atoms with Crippen molar-refractivity contribution >= 4 is 22.7 Å². The molecule has 4 heterocycles. The second-order valence-corrected chi connectivity index (χ2v) is 8.85. The number of fused-ring (bicyclic) bond motifs is 2. The average molecular weight is 442 g/mol. The molecule has 2 aliphatic rings. The third kappa shape index (κ3) is 3.51. The molecule has 0 amide bonds.